The standard InChI is InChI=1S/C14H9FN2OS2/c15-9-3-1-8(2-4-9)13(18)16-10-5-6-11-12(7-10)20-14(19)17-11/h1-7H,(H,16,18)(H,17,19). The predicted molar refractivity (Wildman–Crippen MR) is 81.4 cm³/mol. The summed E-state index contributed by atoms with van der Waals surface area (Å²) in [7, 11) is 0. The van der Waals surface area contributed by atoms with Gasteiger partial charge in [0.1, 0.15) is 5.82 Å². The second kappa shape index (κ2) is 5.15. The molecule has 0 saturated carbocycles. The maximum absolute atomic E-state index is 12.8. The summed E-state index contributed by atoms with van der Waals surface area (Å²) in [6.45, 7) is 0. The van der Waals surface area contributed by atoms with Crippen molar-refractivity contribution >= 4 is 45.4 Å². The van der Waals surface area contributed by atoms with Crippen LogP contribution in [0.15, 0.2) is 42.5 Å². The third kappa shape index (κ3) is 2.61. The molecule has 0 saturated heterocycles. The average molecular weight is 304 g/mol. The Morgan fingerprint density at radius 3 is 2.70 bits per heavy atom. The number of amides is 1. The van der Waals surface area contributed by atoms with E-state index >= 15 is 0 Å². The minimum Gasteiger partial charge on any atom is -0.337 e. The van der Waals surface area contributed by atoms with Crippen LogP contribution in [0, 0.1) is 9.77 Å². The Morgan fingerprint density at radius 1 is 1.20 bits per heavy atom. The number of halogens is 1. The van der Waals surface area contributed by atoms with Crippen LogP contribution < -0.4 is 5.32 Å². The van der Waals surface area contributed by atoms with Gasteiger partial charge in [-0.05, 0) is 54.7 Å². The van der Waals surface area contributed by atoms with Crippen molar-refractivity contribution in [3.63, 3.8) is 0 Å². The molecule has 0 bridgehead atoms. The lowest BCUT2D eigenvalue weighted by Crippen LogP contribution is -2.11. The van der Waals surface area contributed by atoms with Crippen molar-refractivity contribution in [2.24, 2.45) is 0 Å². The number of anilines is 1. The fourth-order valence-electron chi connectivity index (χ4n) is 1.83. The normalized spacial score (nSPS) is 10.7. The molecule has 0 atom stereocenters. The average Bonchev–Trinajstić information content (AvgIpc) is 2.78. The van der Waals surface area contributed by atoms with Gasteiger partial charge in [-0.15, -0.1) is 11.3 Å². The Balaban J connectivity index is 1.86. The van der Waals surface area contributed by atoms with E-state index in [1.54, 1.807) is 6.07 Å². The maximum atomic E-state index is 12.8. The van der Waals surface area contributed by atoms with E-state index in [4.69, 9.17) is 12.2 Å². The van der Waals surface area contributed by atoms with Gasteiger partial charge in [0.2, 0.25) is 0 Å². The molecule has 0 fully saturated rings. The first-order valence-corrected chi connectivity index (χ1v) is 7.04. The minimum atomic E-state index is -0.366. The van der Waals surface area contributed by atoms with E-state index in [0.717, 1.165) is 10.2 Å². The summed E-state index contributed by atoms with van der Waals surface area (Å²) in [5, 5.41) is 2.78. The maximum Gasteiger partial charge on any atom is 0.255 e. The summed E-state index contributed by atoms with van der Waals surface area (Å²) in [4.78, 5) is 15.1. The SMILES string of the molecule is O=C(Nc1ccc2[nH]c(=S)sc2c1)c1ccc(F)cc1. The van der Waals surface area contributed by atoms with Gasteiger partial charge in [0.05, 0.1) is 10.2 Å². The first kappa shape index (κ1) is 13.0. The topological polar surface area (TPSA) is 44.9 Å². The van der Waals surface area contributed by atoms with Gasteiger partial charge in [-0.25, -0.2) is 4.39 Å². The zero-order valence-electron chi connectivity index (χ0n) is 10.1. The van der Waals surface area contributed by atoms with Crippen molar-refractivity contribution < 1.29 is 9.18 Å². The van der Waals surface area contributed by atoms with E-state index in [1.807, 2.05) is 12.1 Å². The molecule has 0 unspecified atom stereocenters. The van der Waals surface area contributed by atoms with Crippen molar-refractivity contribution in [2.75, 3.05) is 5.32 Å². The van der Waals surface area contributed by atoms with Gasteiger partial charge in [0, 0.05) is 11.3 Å². The largest absolute Gasteiger partial charge is 0.337 e. The summed E-state index contributed by atoms with van der Waals surface area (Å²) in [5.41, 5.74) is 2.03. The van der Waals surface area contributed by atoms with Crippen LogP contribution in [-0.4, -0.2) is 10.9 Å². The molecule has 0 aliphatic rings. The molecule has 6 heteroatoms. The lowest BCUT2D eigenvalue weighted by atomic mass is 10.2. The van der Waals surface area contributed by atoms with Gasteiger partial charge in [0.25, 0.3) is 5.91 Å². The number of fused-ring (bicyclic) bond motifs is 1. The highest BCUT2D eigenvalue weighted by molar-refractivity contribution is 7.73. The quantitative estimate of drug-likeness (QED) is 0.691. The Labute approximate surface area is 123 Å². The molecular formula is C14H9FN2OS2. The summed E-state index contributed by atoms with van der Waals surface area (Å²) in [6, 6.07) is 10.9. The molecule has 1 heterocycles. The zero-order valence-corrected chi connectivity index (χ0v) is 11.8. The Kier molecular flexibility index (Phi) is 3.33. The van der Waals surface area contributed by atoms with Gasteiger partial charge >= 0.3 is 0 Å². The molecule has 2 aromatic carbocycles. The van der Waals surface area contributed by atoms with Crippen LogP contribution in [0.5, 0.6) is 0 Å². The number of rotatable bonds is 2. The molecule has 3 aromatic rings. The summed E-state index contributed by atoms with van der Waals surface area (Å²) < 4.78 is 14.5. The summed E-state index contributed by atoms with van der Waals surface area (Å²) in [5.74, 6) is -0.640. The smallest absolute Gasteiger partial charge is 0.255 e. The van der Waals surface area contributed by atoms with Crippen molar-refractivity contribution in [3.05, 3.63) is 57.8 Å². The van der Waals surface area contributed by atoms with E-state index in [2.05, 4.69) is 10.3 Å². The van der Waals surface area contributed by atoms with Gasteiger partial charge in [-0.2, -0.15) is 0 Å². The molecule has 3 rings (SSSR count). The highest BCUT2D eigenvalue weighted by atomic mass is 32.1. The number of carbonyl (C=O) groups excluding carboxylic acids is 1. The fourth-order valence-corrected chi connectivity index (χ4v) is 2.98. The van der Waals surface area contributed by atoms with Crippen molar-refractivity contribution in [2.45, 2.75) is 0 Å². The molecule has 0 aliphatic carbocycles. The second-order valence-electron chi connectivity index (χ2n) is 4.19. The van der Waals surface area contributed by atoms with Crippen molar-refractivity contribution in [1.82, 2.24) is 4.98 Å². The molecular weight excluding hydrogens is 295 g/mol. The highest BCUT2D eigenvalue weighted by Gasteiger charge is 2.07. The first-order chi connectivity index (χ1) is 9.61. The Hall–Kier alpha value is -2.05. The number of benzene rings is 2. The van der Waals surface area contributed by atoms with Crippen molar-refractivity contribution in [1.29, 1.82) is 0 Å². The zero-order chi connectivity index (χ0) is 14.1. The fraction of sp³-hybridized carbons (Fsp3) is 0. The van der Waals surface area contributed by atoms with Gasteiger partial charge in [-0.3, -0.25) is 4.79 Å². The van der Waals surface area contributed by atoms with E-state index in [-0.39, 0.29) is 11.7 Å². The van der Waals surface area contributed by atoms with E-state index in [9.17, 15) is 9.18 Å². The van der Waals surface area contributed by atoms with Crippen LogP contribution in [-0.2, 0) is 0 Å². The molecule has 3 nitrogen and oxygen atoms in total. The number of aromatic nitrogens is 1. The number of hydrogen-bond acceptors (Lipinski definition) is 3. The molecule has 1 amide bonds. The van der Waals surface area contributed by atoms with E-state index in [0.29, 0.717) is 15.2 Å². The van der Waals surface area contributed by atoms with Gasteiger partial charge in [0.15, 0.2) is 3.95 Å². The lowest BCUT2D eigenvalue weighted by Gasteiger charge is -2.05. The van der Waals surface area contributed by atoms with Crippen LogP contribution in [0.2, 0.25) is 0 Å². The van der Waals surface area contributed by atoms with E-state index in [1.165, 1.54) is 35.6 Å². The van der Waals surface area contributed by atoms with Crippen LogP contribution in [0.3, 0.4) is 0 Å². The minimum absolute atomic E-state index is 0.275. The Morgan fingerprint density at radius 2 is 1.95 bits per heavy atom. The molecule has 0 aliphatic heterocycles. The Bertz CT molecular complexity index is 836. The number of thiazole rings is 1. The monoisotopic (exact) mass is 304 g/mol. The molecule has 20 heavy (non-hydrogen) atoms. The number of aromatic amines is 1. The van der Waals surface area contributed by atoms with Crippen molar-refractivity contribution in [3.8, 4) is 0 Å². The third-order valence-corrected chi connectivity index (χ3v) is 3.98. The molecule has 0 radical (unpaired) electrons. The second-order valence-corrected chi connectivity index (χ2v) is 5.91. The predicted octanol–water partition coefficient (Wildman–Crippen LogP) is 4.35. The number of carbonyl (C=O) groups is 1. The number of H-pyrrole nitrogens is 1. The van der Waals surface area contributed by atoms with E-state index < -0.39 is 0 Å². The summed E-state index contributed by atoms with van der Waals surface area (Å²) >= 11 is 6.52. The van der Waals surface area contributed by atoms with Crippen LogP contribution in [0.4, 0.5) is 10.1 Å². The highest BCUT2D eigenvalue weighted by Crippen LogP contribution is 2.23. The van der Waals surface area contributed by atoms with Gasteiger partial charge < -0.3 is 10.3 Å². The van der Waals surface area contributed by atoms with Gasteiger partial charge in [-0.1, -0.05) is 0 Å². The molecule has 0 spiro atoms. The molecule has 1 aromatic heterocycles. The third-order valence-electron chi connectivity index (χ3n) is 2.79. The van der Waals surface area contributed by atoms with Crippen LogP contribution >= 0.6 is 23.6 Å². The van der Waals surface area contributed by atoms with Crippen LogP contribution in [0.1, 0.15) is 10.4 Å². The first-order valence-electron chi connectivity index (χ1n) is 5.81. The lowest BCUT2D eigenvalue weighted by molar-refractivity contribution is 0.102. The molecule has 100 valence electrons. The number of hydrogen-bond donors (Lipinski definition) is 2. The van der Waals surface area contributed by atoms with Crippen LogP contribution in [0.25, 0.3) is 10.2 Å². The number of nitrogens with one attached hydrogen (secondary N) is 2. The summed E-state index contributed by atoms with van der Waals surface area (Å²) in [6.07, 6.45) is 0. The molecule has 2 N–H and O–H groups in total.